The zero-order chi connectivity index (χ0) is 19.8. The number of rotatable bonds is 7. The van der Waals surface area contributed by atoms with Gasteiger partial charge in [-0.15, -0.1) is 0 Å². The topological polar surface area (TPSA) is 59.6 Å². The number of hydrogen-bond donors (Lipinski definition) is 2. The second-order valence-electron chi connectivity index (χ2n) is 6.27. The summed E-state index contributed by atoms with van der Waals surface area (Å²) in [6.45, 7) is 8.48. The Kier molecular flexibility index (Phi) is 7.61. The molecule has 0 unspecified atom stereocenters. The third-order valence-electron chi connectivity index (χ3n) is 4.04. The largest absolute Gasteiger partial charge is 0.491 e. The van der Waals surface area contributed by atoms with Crippen molar-refractivity contribution in [2.24, 2.45) is 0 Å². The van der Waals surface area contributed by atoms with Crippen LogP contribution in [-0.2, 0) is 4.74 Å². The van der Waals surface area contributed by atoms with E-state index in [1.807, 2.05) is 51.1 Å². The second kappa shape index (κ2) is 9.92. The molecule has 6 heteroatoms. The fourth-order valence-corrected chi connectivity index (χ4v) is 2.87. The van der Waals surface area contributed by atoms with Crippen LogP contribution >= 0.6 is 12.2 Å². The summed E-state index contributed by atoms with van der Waals surface area (Å²) in [6.07, 6.45) is 0. The number of thiocarbonyl (C=S) groups is 1. The summed E-state index contributed by atoms with van der Waals surface area (Å²) < 4.78 is 10.9. The van der Waals surface area contributed by atoms with Crippen molar-refractivity contribution in [1.82, 2.24) is 5.32 Å². The number of nitrogens with one attached hydrogen (secondary N) is 2. The van der Waals surface area contributed by atoms with E-state index >= 15 is 0 Å². The molecule has 0 aliphatic carbocycles. The maximum atomic E-state index is 12.0. The molecule has 5 nitrogen and oxygen atoms in total. The van der Waals surface area contributed by atoms with Crippen LogP contribution in [0.25, 0.3) is 0 Å². The van der Waals surface area contributed by atoms with Crippen LogP contribution in [0.15, 0.2) is 42.5 Å². The highest BCUT2D eigenvalue weighted by molar-refractivity contribution is 7.80. The highest BCUT2D eigenvalue weighted by atomic mass is 32.1. The Balaban J connectivity index is 1.92. The van der Waals surface area contributed by atoms with E-state index in [9.17, 15) is 4.79 Å². The number of carbonyl (C=O) groups excluding carboxylic acids is 1. The van der Waals surface area contributed by atoms with Crippen molar-refractivity contribution >= 4 is 29.0 Å². The molecule has 0 heterocycles. The van der Waals surface area contributed by atoms with Crippen molar-refractivity contribution < 1.29 is 14.3 Å². The Morgan fingerprint density at radius 1 is 1.15 bits per heavy atom. The quantitative estimate of drug-likeness (QED) is 0.548. The molecule has 0 fully saturated rings. The van der Waals surface area contributed by atoms with E-state index in [4.69, 9.17) is 21.7 Å². The van der Waals surface area contributed by atoms with Gasteiger partial charge in [-0.05, 0) is 69.2 Å². The number of anilines is 1. The van der Waals surface area contributed by atoms with Crippen LogP contribution < -0.4 is 15.4 Å². The molecule has 27 heavy (non-hydrogen) atoms. The van der Waals surface area contributed by atoms with Gasteiger partial charge in [-0.3, -0.25) is 0 Å². The van der Waals surface area contributed by atoms with Gasteiger partial charge in [0.25, 0.3) is 0 Å². The van der Waals surface area contributed by atoms with E-state index in [0.29, 0.717) is 23.9 Å². The van der Waals surface area contributed by atoms with E-state index in [2.05, 4.69) is 10.6 Å². The summed E-state index contributed by atoms with van der Waals surface area (Å²) in [6, 6.07) is 13.3. The van der Waals surface area contributed by atoms with Crippen molar-refractivity contribution in [1.29, 1.82) is 0 Å². The molecule has 0 bridgehead atoms. The van der Waals surface area contributed by atoms with E-state index in [1.54, 1.807) is 19.1 Å². The summed E-state index contributed by atoms with van der Waals surface area (Å²) in [7, 11) is 0. The number of benzene rings is 2. The maximum absolute atomic E-state index is 12.0. The van der Waals surface area contributed by atoms with Gasteiger partial charge in [0, 0.05) is 5.69 Å². The lowest BCUT2D eigenvalue weighted by Gasteiger charge is -2.19. The van der Waals surface area contributed by atoms with E-state index < -0.39 is 0 Å². The van der Waals surface area contributed by atoms with Gasteiger partial charge < -0.3 is 20.1 Å². The smallest absolute Gasteiger partial charge is 0.338 e. The molecule has 0 spiro atoms. The fraction of sp³-hybridized carbons (Fsp3) is 0.333. The average molecular weight is 387 g/mol. The predicted octanol–water partition coefficient (Wildman–Crippen LogP) is 4.23. The Labute approximate surface area is 166 Å². The van der Waals surface area contributed by atoms with Crippen molar-refractivity contribution in [3.05, 3.63) is 59.2 Å². The summed E-state index contributed by atoms with van der Waals surface area (Å²) in [4.78, 5) is 12.0. The molecule has 144 valence electrons. The van der Waals surface area contributed by atoms with Gasteiger partial charge in [-0.2, -0.15) is 0 Å². The van der Waals surface area contributed by atoms with Crippen LogP contribution in [0.4, 0.5) is 5.69 Å². The highest BCUT2D eigenvalue weighted by Gasteiger charge is 2.14. The van der Waals surface area contributed by atoms with Gasteiger partial charge in [0.05, 0.1) is 18.2 Å². The molecule has 0 aliphatic heterocycles. The minimum absolute atomic E-state index is 0.0122. The molecule has 2 aromatic carbocycles. The van der Waals surface area contributed by atoms with Crippen molar-refractivity contribution in [3.8, 4) is 5.75 Å². The lowest BCUT2D eigenvalue weighted by Crippen LogP contribution is -2.39. The molecule has 2 rings (SSSR count). The third kappa shape index (κ3) is 5.96. The van der Waals surface area contributed by atoms with E-state index in [1.165, 1.54) is 0 Å². The lowest BCUT2D eigenvalue weighted by atomic mass is 10.1. The molecular formula is C21H26N2O3S. The van der Waals surface area contributed by atoms with Crippen LogP contribution in [0, 0.1) is 13.8 Å². The number of para-hydroxylation sites is 1. The standard InChI is InChI=1S/C21H26N2O3S/c1-5-25-20(24)17-10-8-11-18(16(17)4)23-21(27)22-15(3)13-26-19-12-7-6-9-14(19)2/h6-12,15H,5,13H2,1-4H3,(H2,22,23,27)/t15-/m1/s1. The molecule has 0 aromatic heterocycles. The summed E-state index contributed by atoms with van der Waals surface area (Å²) in [5.41, 5.74) is 3.19. The number of ether oxygens (including phenoxy) is 2. The first-order chi connectivity index (χ1) is 12.9. The first-order valence-corrected chi connectivity index (χ1v) is 9.35. The SMILES string of the molecule is CCOC(=O)c1cccc(NC(=S)N[C@H](C)COc2ccccc2C)c1C. The molecular weight excluding hydrogens is 360 g/mol. The molecule has 1 atom stereocenters. The number of hydrogen-bond acceptors (Lipinski definition) is 4. The van der Waals surface area contributed by atoms with Gasteiger partial charge in [-0.1, -0.05) is 24.3 Å². The van der Waals surface area contributed by atoms with Gasteiger partial charge in [0.1, 0.15) is 12.4 Å². The molecule has 0 aliphatic rings. The number of carbonyl (C=O) groups is 1. The number of esters is 1. The van der Waals surface area contributed by atoms with Gasteiger partial charge in [0.15, 0.2) is 5.11 Å². The fourth-order valence-electron chi connectivity index (χ4n) is 2.56. The van der Waals surface area contributed by atoms with E-state index in [0.717, 1.165) is 22.6 Å². The summed E-state index contributed by atoms with van der Waals surface area (Å²) >= 11 is 5.39. The second-order valence-corrected chi connectivity index (χ2v) is 6.68. The lowest BCUT2D eigenvalue weighted by molar-refractivity contribution is 0.0525. The van der Waals surface area contributed by atoms with Crippen LogP contribution in [0.1, 0.15) is 35.3 Å². The minimum Gasteiger partial charge on any atom is -0.491 e. The zero-order valence-electron chi connectivity index (χ0n) is 16.2. The Bertz CT molecular complexity index is 808. The van der Waals surface area contributed by atoms with Crippen molar-refractivity contribution in [2.75, 3.05) is 18.5 Å². The predicted molar refractivity (Wildman–Crippen MR) is 113 cm³/mol. The first kappa shape index (κ1) is 20.7. The Morgan fingerprint density at radius 3 is 2.59 bits per heavy atom. The molecule has 0 amide bonds. The first-order valence-electron chi connectivity index (χ1n) is 8.95. The Morgan fingerprint density at radius 2 is 1.89 bits per heavy atom. The molecule has 0 saturated heterocycles. The van der Waals surface area contributed by atoms with Gasteiger partial charge in [-0.25, -0.2) is 4.79 Å². The van der Waals surface area contributed by atoms with Crippen molar-refractivity contribution in [2.45, 2.75) is 33.7 Å². The van der Waals surface area contributed by atoms with Crippen LogP contribution in [0.5, 0.6) is 5.75 Å². The molecule has 0 radical (unpaired) electrons. The third-order valence-corrected chi connectivity index (χ3v) is 4.26. The molecule has 2 N–H and O–H groups in total. The van der Waals surface area contributed by atoms with Gasteiger partial charge in [0.2, 0.25) is 0 Å². The normalized spacial score (nSPS) is 11.4. The average Bonchev–Trinajstić information content (AvgIpc) is 2.63. The Hall–Kier alpha value is -2.60. The molecule has 2 aromatic rings. The summed E-state index contributed by atoms with van der Waals surface area (Å²) in [5.74, 6) is 0.528. The monoisotopic (exact) mass is 386 g/mol. The van der Waals surface area contributed by atoms with Crippen molar-refractivity contribution in [3.63, 3.8) is 0 Å². The molecule has 0 saturated carbocycles. The highest BCUT2D eigenvalue weighted by Crippen LogP contribution is 2.20. The van der Waals surface area contributed by atoms with Crippen LogP contribution in [0.2, 0.25) is 0 Å². The maximum Gasteiger partial charge on any atom is 0.338 e. The van der Waals surface area contributed by atoms with Crippen LogP contribution in [-0.4, -0.2) is 30.3 Å². The number of aryl methyl sites for hydroxylation is 1. The minimum atomic E-state index is -0.336. The van der Waals surface area contributed by atoms with Gasteiger partial charge >= 0.3 is 5.97 Å². The summed E-state index contributed by atoms with van der Waals surface area (Å²) in [5, 5.41) is 6.82. The van der Waals surface area contributed by atoms with Crippen LogP contribution in [0.3, 0.4) is 0 Å². The van der Waals surface area contributed by atoms with E-state index in [-0.39, 0.29) is 12.0 Å². The zero-order valence-corrected chi connectivity index (χ0v) is 17.0.